The third-order valence-electron chi connectivity index (χ3n) is 3.80. The summed E-state index contributed by atoms with van der Waals surface area (Å²) < 4.78 is 18.5. The van der Waals surface area contributed by atoms with E-state index in [4.69, 9.17) is 4.42 Å². The van der Waals surface area contributed by atoms with Crippen molar-refractivity contribution in [3.8, 4) is 11.1 Å². The van der Waals surface area contributed by atoms with Gasteiger partial charge in [0, 0.05) is 5.39 Å². The fourth-order valence-electron chi connectivity index (χ4n) is 2.70. The largest absolute Gasteiger partial charge is 0.422 e. The maximum atomic E-state index is 13.1. The molecule has 106 valence electrons. The summed E-state index contributed by atoms with van der Waals surface area (Å²) in [5, 5.41) is 2.97. The van der Waals surface area contributed by atoms with Gasteiger partial charge in [-0.2, -0.15) is 0 Å². The fourth-order valence-corrected chi connectivity index (χ4v) is 2.70. The van der Waals surface area contributed by atoms with Crippen molar-refractivity contribution in [3.05, 3.63) is 83.0 Å². The van der Waals surface area contributed by atoms with Gasteiger partial charge in [0.15, 0.2) is 0 Å². The predicted octanol–water partition coefficient (Wildman–Crippen LogP) is 4.75. The van der Waals surface area contributed by atoms with Gasteiger partial charge in [-0.1, -0.05) is 42.5 Å². The summed E-state index contributed by atoms with van der Waals surface area (Å²) in [6.45, 7) is 0. The van der Waals surface area contributed by atoms with Crippen molar-refractivity contribution in [1.82, 2.24) is 0 Å². The minimum atomic E-state index is -0.422. The lowest BCUT2D eigenvalue weighted by Crippen LogP contribution is -2.02. The van der Waals surface area contributed by atoms with Crippen LogP contribution in [0.15, 0.2) is 75.9 Å². The van der Waals surface area contributed by atoms with Crippen LogP contribution in [0.1, 0.15) is 0 Å². The summed E-state index contributed by atoms with van der Waals surface area (Å²) in [4.78, 5) is 12.2. The molecule has 4 rings (SSSR count). The van der Waals surface area contributed by atoms with Gasteiger partial charge < -0.3 is 4.42 Å². The molecule has 0 atom stereocenters. The Hall–Kier alpha value is -2.94. The van der Waals surface area contributed by atoms with Gasteiger partial charge in [0.25, 0.3) is 0 Å². The predicted molar refractivity (Wildman–Crippen MR) is 85.4 cm³/mol. The lowest BCUT2D eigenvalue weighted by atomic mass is 10.0. The Balaban J connectivity index is 2.07. The fraction of sp³-hybridized carbons (Fsp3) is 0. The van der Waals surface area contributed by atoms with E-state index in [2.05, 4.69) is 0 Å². The van der Waals surface area contributed by atoms with E-state index in [1.807, 2.05) is 36.4 Å². The Morgan fingerprint density at radius 2 is 1.59 bits per heavy atom. The van der Waals surface area contributed by atoms with Crippen LogP contribution in [0.5, 0.6) is 0 Å². The molecule has 3 aromatic carbocycles. The molecule has 1 heterocycles. The summed E-state index contributed by atoms with van der Waals surface area (Å²) >= 11 is 0. The SMILES string of the molecule is O=c1oc2ccc3ccccc3c2cc1-c1ccc(F)cc1. The van der Waals surface area contributed by atoms with Gasteiger partial charge >= 0.3 is 5.63 Å². The molecule has 0 amide bonds. The first-order valence-corrected chi connectivity index (χ1v) is 6.94. The Labute approximate surface area is 125 Å². The number of rotatable bonds is 1. The van der Waals surface area contributed by atoms with Gasteiger partial charge in [-0.05, 0) is 40.6 Å². The van der Waals surface area contributed by atoms with Crippen LogP contribution in [0.3, 0.4) is 0 Å². The molecule has 0 saturated carbocycles. The Kier molecular flexibility index (Phi) is 2.79. The van der Waals surface area contributed by atoms with Crippen LogP contribution in [0.2, 0.25) is 0 Å². The van der Waals surface area contributed by atoms with E-state index in [9.17, 15) is 9.18 Å². The van der Waals surface area contributed by atoms with Crippen LogP contribution in [0.4, 0.5) is 4.39 Å². The monoisotopic (exact) mass is 290 g/mol. The molecule has 0 aliphatic carbocycles. The molecule has 0 aliphatic rings. The highest BCUT2D eigenvalue weighted by Crippen LogP contribution is 2.27. The quantitative estimate of drug-likeness (QED) is 0.374. The normalized spacial score (nSPS) is 11.1. The zero-order valence-corrected chi connectivity index (χ0v) is 11.5. The molecule has 0 spiro atoms. The number of hydrogen-bond acceptors (Lipinski definition) is 2. The van der Waals surface area contributed by atoms with Crippen LogP contribution < -0.4 is 5.63 Å². The van der Waals surface area contributed by atoms with Crippen LogP contribution in [0.25, 0.3) is 32.9 Å². The van der Waals surface area contributed by atoms with Crippen molar-refractivity contribution < 1.29 is 8.81 Å². The highest BCUT2D eigenvalue weighted by molar-refractivity contribution is 6.06. The highest BCUT2D eigenvalue weighted by atomic mass is 19.1. The summed E-state index contributed by atoms with van der Waals surface area (Å²) in [6.07, 6.45) is 0. The second kappa shape index (κ2) is 4.81. The van der Waals surface area contributed by atoms with Gasteiger partial charge in [0.2, 0.25) is 0 Å². The molecule has 0 radical (unpaired) electrons. The van der Waals surface area contributed by atoms with Gasteiger partial charge in [-0.15, -0.1) is 0 Å². The van der Waals surface area contributed by atoms with Gasteiger partial charge in [-0.3, -0.25) is 0 Å². The average Bonchev–Trinajstić information content (AvgIpc) is 2.55. The lowest BCUT2D eigenvalue weighted by Gasteiger charge is -2.05. The van der Waals surface area contributed by atoms with Crippen molar-refractivity contribution in [3.63, 3.8) is 0 Å². The maximum Gasteiger partial charge on any atom is 0.344 e. The van der Waals surface area contributed by atoms with Crippen molar-refractivity contribution in [2.75, 3.05) is 0 Å². The Morgan fingerprint density at radius 3 is 2.41 bits per heavy atom. The number of benzene rings is 3. The first-order chi connectivity index (χ1) is 10.7. The van der Waals surface area contributed by atoms with Gasteiger partial charge in [0.05, 0.1) is 5.56 Å². The first-order valence-electron chi connectivity index (χ1n) is 6.94. The zero-order valence-electron chi connectivity index (χ0n) is 11.5. The standard InChI is InChI=1S/C19H11FO2/c20-14-8-5-13(6-9-14)16-11-17-15-4-2-1-3-12(15)7-10-18(17)22-19(16)21/h1-11H. The van der Waals surface area contributed by atoms with Crippen LogP contribution in [0, 0.1) is 5.82 Å². The van der Waals surface area contributed by atoms with E-state index in [0.29, 0.717) is 16.7 Å². The first kappa shape index (κ1) is 12.8. The second-order valence-corrected chi connectivity index (χ2v) is 5.15. The molecule has 3 heteroatoms. The molecule has 0 N–H and O–H groups in total. The third-order valence-corrected chi connectivity index (χ3v) is 3.80. The zero-order chi connectivity index (χ0) is 15.1. The summed E-state index contributed by atoms with van der Waals surface area (Å²) in [5.41, 5.74) is 1.21. The molecule has 22 heavy (non-hydrogen) atoms. The third kappa shape index (κ3) is 1.99. The molecule has 0 bridgehead atoms. The lowest BCUT2D eigenvalue weighted by molar-refractivity contribution is 0.564. The minimum absolute atomic E-state index is 0.334. The topological polar surface area (TPSA) is 30.2 Å². The summed E-state index contributed by atoms with van der Waals surface area (Å²) in [7, 11) is 0. The molecule has 4 aromatic rings. The molecular formula is C19H11FO2. The average molecular weight is 290 g/mol. The van der Waals surface area contributed by atoms with Crippen molar-refractivity contribution in [2.45, 2.75) is 0 Å². The summed E-state index contributed by atoms with van der Waals surface area (Å²) in [5.74, 6) is -0.334. The molecular weight excluding hydrogens is 279 g/mol. The minimum Gasteiger partial charge on any atom is -0.422 e. The Morgan fingerprint density at radius 1 is 0.818 bits per heavy atom. The van der Waals surface area contributed by atoms with E-state index in [0.717, 1.165) is 16.2 Å². The number of fused-ring (bicyclic) bond motifs is 3. The second-order valence-electron chi connectivity index (χ2n) is 5.15. The van der Waals surface area contributed by atoms with Crippen molar-refractivity contribution in [1.29, 1.82) is 0 Å². The molecule has 0 fully saturated rings. The van der Waals surface area contributed by atoms with E-state index >= 15 is 0 Å². The van der Waals surface area contributed by atoms with Crippen molar-refractivity contribution in [2.24, 2.45) is 0 Å². The van der Waals surface area contributed by atoms with E-state index in [-0.39, 0.29) is 5.82 Å². The summed E-state index contributed by atoms with van der Waals surface area (Å²) in [6, 6.07) is 19.3. The van der Waals surface area contributed by atoms with E-state index in [1.165, 1.54) is 12.1 Å². The van der Waals surface area contributed by atoms with Crippen LogP contribution in [-0.2, 0) is 0 Å². The Bertz CT molecular complexity index is 1050. The van der Waals surface area contributed by atoms with Crippen LogP contribution in [-0.4, -0.2) is 0 Å². The molecule has 2 nitrogen and oxygen atoms in total. The number of hydrogen-bond donors (Lipinski definition) is 0. The van der Waals surface area contributed by atoms with Crippen LogP contribution >= 0.6 is 0 Å². The highest BCUT2D eigenvalue weighted by Gasteiger charge is 2.10. The maximum absolute atomic E-state index is 13.1. The van der Waals surface area contributed by atoms with Crippen molar-refractivity contribution >= 4 is 21.7 Å². The smallest absolute Gasteiger partial charge is 0.344 e. The molecule has 0 aliphatic heterocycles. The van der Waals surface area contributed by atoms with Gasteiger partial charge in [0.1, 0.15) is 11.4 Å². The van der Waals surface area contributed by atoms with E-state index < -0.39 is 5.63 Å². The molecule has 0 saturated heterocycles. The van der Waals surface area contributed by atoms with Gasteiger partial charge in [-0.25, -0.2) is 9.18 Å². The number of halogens is 1. The molecule has 0 unspecified atom stereocenters. The van der Waals surface area contributed by atoms with E-state index in [1.54, 1.807) is 18.2 Å². The molecule has 1 aromatic heterocycles.